The van der Waals surface area contributed by atoms with E-state index in [1.54, 1.807) is 18.3 Å². The molecule has 0 radical (unpaired) electrons. The summed E-state index contributed by atoms with van der Waals surface area (Å²) in [6, 6.07) is 12.9. The highest BCUT2D eigenvalue weighted by atomic mass is 16.5. The van der Waals surface area contributed by atoms with E-state index >= 15 is 0 Å². The molecule has 5 nitrogen and oxygen atoms in total. The number of pyridine rings is 1. The van der Waals surface area contributed by atoms with Gasteiger partial charge in [-0.1, -0.05) is 30.3 Å². The van der Waals surface area contributed by atoms with E-state index in [9.17, 15) is 4.79 Å². The summed E-state index contributed by atoms with van der Waals surface area (Å²) in [7, 11) is 0. The molecule has 1 amide bonds. The number of hydrogen-bond acceptors (Lipinski definition) is 4. The van der Waals surface area contributed by atoms with Crippen LogP contribution >= 0.6 is 0 Å². The van der Waals surface area contributed by atoms with Crippen LogP contribution in [0.4, 0.5) is 0 Å². The van der Waals surface area contributed by atoms with Gasteiger partial charge in [-0.15, -0.1) is 0 Å². The maximum Gasteiger partial charge on any atom is 0.251 e. The van der Waals surface area contributed by atoms with Crippen molar-refractivity contribution in [3.63, 3.8) is 0 Å². The van der Waals surface area contributed by atoms with Crippen LogP contribution < -0.4 is 10.1 Å². The smallest absolute Gasteiger partial charge is 0.251 e. The van der Waals surface area contributed by atoms with Crippen molar-refractivity contribution in [1.29, 1.82) is 0 Å². The number of aliphatic hydroxyl groups is 1. The molecule has 0 fully saturated rings. The van der Waals surface area contributed by atoms with Crippen molar-refractivity contribution in [2.24, 2.45) is 0 Å². The number of aromatic nitrogens is 1. The molecule has 5 heteroatoms. The highest BCUT2D eigenvalue weighted by molar-refractivity contribution is 5.94. The van der Waals surface area contributed by atoms with Gasteiger partial charge in [0, 0.05) is 30.5 Å². The van der Waals surface area contributed by atoms with Crippen molar-refractivity contribution < 1.29 is 14.6 Å². The van der Waals surface area contributed by atoms with E-state index in [-0.39, 0.29) is 18.6 Å². The van der Waals surface area contributed by atoms with Crippen molar-refractivity contribution in [3.05, 3.63) is 59.8 Å². The first-order valence-corrected chi connectivity index (χ1v) is 7.23. The highest BCUT2D eigenvalue weighted by Gasteiger charge is 2.10. The van der Waals surface area contributed by atoms with E-state index < -0.39 is 0 Å². The largest absolute Gasteiger partial charge is 0.473 e. The number of rotatable bonds is 7. The lowest BCUT2D eigenvalue weighted by molar-refractivity contribution is 0.0933. The Morgan fingerprint density at radius 3 is 2.82 bits per heavy atom. The van der Waals surface area contributed by atoms with Crippen molar-refractivity contribution in [2.75, 3.05) is 6.61 Å². The summed E-state index contributed by atoms with van der Waals surface area (Å²) in [5.74, 6) is 0.208. The Morgan fingerprint density at radius 1 is 1.32 bits per heavy atom. The Labute approximate surface area is 130 Å². The monoisotopic (exact) mass is 300 g/mol. The summed E-state index contributed by atoms with van der Waals surface area (Å²) in [6.07, 6.45) is 2.07. The second-order valence-electron chi connectivity index (χ2n) is 5.04. The zero-order valence-corrected chi connectivity index (χ0v) is 12.5. The lowest BCUT2D eigenvalue weighted by Gasteiger charge is -2.13. The normalized spacial score (nSPS) is 11.7. The molecule has 0 aliphatic rings. The quantitative estimate of drug-likeness (QED) is 0.822. The molecule has 0 aliphatic heterocycles. The fourth-order valence-electron chi connectivity index (χ4n) is 1.93. The van der Waals surface area contributed by atoms with Crippen LogP contribution in [-0.2, 0) is 6.61 Å². The Morgan fingerprint density at radius 2 is 2.09 bits per heavy atom. The first-order chi connectivity index (χ1) is 10.7. The molecule has 22 heavy (non-hydrogen) atoms. The van der Waals surface area contributed by atoms with Gasteiger partial charge < -0.3 is 15.2 Å². The number of nitrogens with one attached hydrogen (secondary N) is 1. The van der Waals surface area contributed by atoms with Gasteiger partial charge in [0.15, 0.2) is 0 Å². The van der Waals surface area contributed by atoms with Crippen molar-refractivity contribution in [2.45, 2.75) is 26.0 Å². The number of hydrogen-bond donors (Lipinski definition) is 2. The average molecular weight is 300 g/mol. The second kappa shape index (κ2) is 8.14. The van der Waals surface area contributed by atoms with Crippen LogP contribution in [0.25, 0.3) is 0 Å². The number of aliphatic hydroxyl groups excluding tert-OH is 1. The minimum atomic E-state index is -0.201. The second-order valence-corrected chi connectivity index (χ2v) is 5.04. The molecule has 1 aromatic carbocycles. The molecule has 0 saturated carbocycles. The maximum absolute atomic E-state index is 12.1. The van der Waals surface area contributed by atoms with Gasteiger partial charge >= 0.3 is 0 Å². The Bertz CT molecular complexity index is 602. The lowest BCUT2D eigenvalue weighted by Crippen LogP contribution is -2.33. The first-order valence-electron chi connectivity index (χ1n) is 7.23. The molecule has 1 atom stereocenters. The van der Waals surface area contributed by atoms with Crippen molar-refractivity contribution >= 4 is 5.91 Å². The molecule has 2 N–H and O–H groups in total. The molecule has 1 heterocycles. The third-order valence-electron chi connectivity index (χ3n) is 3.17. The molecule has 0 bridgehead atoms. The summed E-state index contributed by atoms with van der Waals surface area (Å²) in [4.78, 5) is 16.2. The van der Waals surface area contributed by atoms with Crippen LogP contribution in [0.5, 0.6) is 5.88 Å². The minimum Gasteiger partial charge on any atom is -0.473 e. The summed E-state index contributed by atoms with van der Waals surface area (Å²) < 4.78 is 5.60. The predicted molar refractivity (Wildman–Crippen MR) is 83.6 cm³/mol. The molecule has 0 spiro atoms. The maximum atomic E-state index is 12.1. The fourth-order valence-corrected chi connectivity index (χ4v) is 1.93. The average Bonchev–Trinajstić information content (AvgIpc) is 2.54. The third-order valence-corrected chi connectivity index (χ3v) is 3.17. The molecule has 2 rings (SSSR count). The van der Waals surface area contributed by atoms with E-state index in [1.807, 2.05) is 37.3 Å². The van der Waals surface area contributed by atoms with Crippen LogP contribution in [0.3, 0.4) is 0 Å². The molecular formula is C17H20N2O3. The lowest BCUT2D eigenvalue weighted by atomic mass is 10.2. The van der Waals surface area contributed by atoms with Gasteiger partial charge in [-0.3, -0.25) is 4.79 Å². The Kier molecular flexibility index (Phi) is 5.91. The number of nitrogens with zero attached hydrogens (tertiary/aromatic N) is 1. The highest BCUT2D eigenvalue weighted by Crippen LogP contribution is 2.12. The van der Waals surface area contributed by atoms with Gasteiger partial charge in [-0.25, -0.2) is 4.98 Å². The number of carbonyl (C=O) groups excluding carboxylic acids is 1. The van der Waals surface area contributed by atoms with Gasteiger partial charge in [0.2, 0.25) is 5.88 Å². The van der Waals surface area contributed by atoms with Crippen LogP contribution in [0, 0.1) is 0 Å². The molecule has 0 saturated heterocycles. The molecule has 2 aromatic rings. The van der Waals surface area contributed by atoms with E-state index in [4.69, 9.17) is 9.84 Å². The van der Waals surface area contributed by atoms with Crippen LogP contribution in [-0.4, -0.2) is 28.6 Å². The van der Waals surface area contributed by atoms with Crippen LogP contribution in [0.1, 0.15) is 29.3 Å². The summed E-state index contributed by atoms with van der Waals surface area (Å²) in [6.45, 7) is 2.30. The summed E-state index contributed by atoms with van der Waals surface area (Å²) in [5, 5.41) is 11.7. The zero-order chi connectivity index (χ0) is 15.8. The summed E-state index contributed by atoms with van der Waals surface area (Å²) >= 11 is 0. The summed E-state index contributed by atoms with van der Waals surface area (Å²) in [5.41, 5.74) is 1.53. The number of ether oxygens (including phenoxy) is 1. The van der Waals surface area contributed by atoms with Gasteiger partial charge in [0.05, 0.1) is 0 Å². The van der Waals surface area contributed by atoms with Gasteiger partial charge in [0.1, 0.15) is 6.61 Å². The first kappa shape index (κ1) is 16.0. The zero-order valence-electron chi connectivity index (χ0n) is 12.5. The number of benzene rings is 1. The van der Waals surface area contributed by atoms with E-state index in [0.717, 1.165) is 5.56 Å². The van der Waals surface area contributed by atoms with Gasteiger partial charge in [-0.05, 0) is 25.0 Å². The predicted octanol–water partition coefficient (Wildman–Crippen LogP) is 2.16. The van der Waals surface area contributed by atoms with Crippen molar-refractivity contribution in [3.8, 4) is 5.88 Å². The number of amides is 1. The fraction of sp³-hybridized carbons (Fsp3) is 0.294. The number of carbonyl (C=O) groups is 1. The van der Waals surface area contributed by atoms with Gasteiger partial charge in [0.25, 0.3) is 5.91 Å². The van der Waals surface area contributed by atoms with Crippen LogP contribution in [0.15, 0.2) is 48.7 Å². The molecule has 0 aliphatic carbocycles. The Balaban J connectivity index is 1.96. The van der Waals surface area contributed by atoms with E-state index in [0.29, 0.717) is 24.5 Å². The van der Waals surface area contributed by atoms with E-state index in [1.165, 1.54) is 0 Å². The topological polar surface area (TPSA) is 71.5 Å². The molecular weight excluding hydrogens is 280 g/mol. The SMILES string of the molecule is C[C@H](CCO)NC(=O)c1ccnc(OCc2ccccc2)c1. The molecule has 116 valence electrons. The van der Waals surface area contributed by atoms with Gasteiger partial charge in [-0.2, -0.15) is 0 Å². The Hall–Kier alpha value is -2.40. The standard InChI is InChI=1S/C17H20N2O3/c1-13(8-10-20)19-17(21)15-7-9-18-16(11-15)22-12-14-5-3-2-4-6-14/h2-7,9,11,13,20H,8,10,12H2,1H3,(H,19,21)/t13-/m1/s1. The minimum absolute atomic E-state index is 0.0449. The molecule has 1 aromatic heterocycles. The third kappa shape index (κ3) is 4.86. The van der Waals surface area contributed by atoms with E-state index in [2.05, 4.69) is 10.3 Å². The van der Waals surface area contributed by atoms with Crippen LogP contribution in [0.2, 0.25) is 0 Å². The van der Waals surface area contributed by atoms with Crippen molar-refractivity contribution in [1.82, 2.24) is 10.3 Å². The molecule has 0 unspecified atom stereocenters.